The molecule has 138 valence electrons. The molecule has 1 atom stereocenters. The van der Waals surface area contributed by atoms with E-state index in [2.05, 4.69) is 4.74 Å². The van der Waals surface area contributed by atoms with E-state index in [1.165, 1.54) is 50.6 Å². The molecule has 25 heavy (non-hydrogen) atoms. The second-order valence-corrected chi connectivity index (χ2v) is 4.86. The molecule has 0 fully saturated rings. The molecular weight excluding hydrogens is 363 g/mol. The van der Waals surface area contributed by atoms with Gasteiger partial charge in [-0.25, -0.2) is 0 Å². The van der Waals surface area contributed by atoms with Gasteiger partial charge >= 0.3 is 6.36 Å². The monoisotopic (exact) mass is 379 g/mol. The lowest BCUT2D eigenvalue weighted by Crippen LogP contribution is -2.17. The van der Waals surface area contributed by atoms with E-state index in [9.17, 15) is 18.3 Å². The molecule has 0 saturated heterocycles. The predicted octanol–water partition coefficient (Wildman–Crippen LogP) is 3.78. The van der Waals surface area contributed by atoms with Crippen molar-refractivity contribution in [3.05, 3.63) is 47.5 Å². The van der Waals surface area contributed by atoms with Crippen molar-refractivity contribution in [3.63, 3.8) is 0 Å². The van der Waals surface area contributed by atoms with Crippen molar-refractivity contribution in [2.24, 2.45) is 5.73 Å². The van der Waals surface area contributed by atoms with E-state index < -0.39 is 12.4 Å². The zero-order valence-electron chi connectivity index (χ0n) is 13.3. The fraction of sp³-hybridized carbons (Fsp3) is 0.250. The zero-order valence-corrected chi connectivity index (χ0v) is 14.1. The topological polar surface area (TPSA) is 73.9 Å². The van der Waals surface area contributed by atoms with Crippen LogP contribution >= 0.6 is 12.4 Å². The van der Waals surface area contributed by atoms with E-state index in [1.54, 1.807) is 0 Å². The van der Waals surface area contributed by atoms with Crippen molar-refractivity contribution in [1.29, 1.82) is 0 Å². The van der Waals surface area contributed by atoms with Crippen molar-refractivity contribution >= 4 is 12.4 Å². The van der Waals surface area contributed by atoms with Gasteiger partial charge in [0.25, 0.3) is 0 Å². The van der Waals surface area contributed by atoms with Gasteiger partial charge in [0.1, 0.15) is 23.0 Å². The molecule has 0 aliphatic rings. The minimum Gasteiger partial charge on any atom is -0.508 e. The highest BCUT2D eigenvalue weighted by atomic mass is 35.5. The minimum absolute atomic E-state index is 0. The number of phenolic OH excluding ortho intramolecular Hbond substituents is 1. The molecule has 0 aliphatic heterocycles. The molecule has 2 aromatic carbocycles. The van der Waals surface area contributed by atoms with Crippen molar-refractivity contribution in [2.45, 2.75) is 12.4 Å². The van der Waals surface area contributed by atoms with E-state index in [-0.39, 0.29) is 23.9 Å². The zero-order chi connectivity index (χ0) is 17.9. The number of phenols is 1. The van der Waals surface area contributed by atoms with Gasteiger partial charge in [0.05, 0.1) is 25.8 Å². The molecule has 0 radical (unpaired) electrons. The summed E-state index contributed by atoms with van der Waals surface area (Å²) >= 11 is 0. The van der Waals surface area contributed by atoms with Gasteiger partial charge in [0.15, 0.2) is 0 Å². The van der Waals surface area contributed by atoms with Crippen LogP contribution in [0.3, 0.4) is 0 Å². The maximum Gasteiger partial charge on any atom is 0.573 e. The number of methoxy groups -OCH3 is 2. The first kappa shape index (κ1) is 20.7. The Morgan fingerprint density at radius 2 is 1.48 bits per heavy atom. The van der Waals surface area contributed by atoms with Gasteiger partial charge in [-0.05, 0) is 17.7 Å². The SMILES string of the molecule is COc1cc(O)cc(OC)c1[C@H](N)c1ccc(OC(F)(F)F)cc1.Cl. The predicted molar refractivity (Wildman–Crippen MR) is 87.6 cm³/mol. The van der Waals surface area contributed by atoms with Crippen LogP contribution in [0.2, 0.25) is 0 Å². The molecule has 0 amide bonds. The number of hydrogen-bond donors (Lipinski definition) is 2. The third-order valence-electron chi connectivity index (χ3n) is 3.31. The summed E-state index contributed by atoms with van der Waals surface area (Å²) < 4.78 is 50.8. The van der Waals surface area contributed by atoms with Crippen LogP contribution in [0.5, 0.6) is 23.0 Å². The van der Waals surface area contributed by atoms with Gasteiger partial charge in [-0.1, -0.05) is 12.1 Å². The Bertz CT molecular complexity index is 683. The smallest absolute Gasteiger partial charge is 0.508 e. The maximum absolute atomic E-state index is 12.2. The Morgan fingerprint density at radius 3 is 1.88 bits per heavy atom. The molecule has 0 bridgehead atoms. The lowest BCUT2D eigenvalue weighted by molar-refractivity contribution is -0.274. The first-order valence-corrected chi connectivity index (χ1v) is 6.81. The normalized spacial score (nSPS) is 12.1. The summed E-state index contributed by atoms with van der Waals surface area (Å²) in [6.07, 6.45) is -4.76. The van der Waals surface area contributed by atoms with E-state index in [0.717, 1.165) is 0 Å². The second kappa shape index (κ2) is 8.17. The van der Waals surface area contributed by atoms with E-state index >= 15 is 0 Å². The van der Waals surface area contributed by atoms with Crippen LogP contribution in [0.15, 0.2) is 36.4 Å². The molecule has 2 aromatic rings. The van der Waals surface area contributed by atoms with Gasteiger partial charge in [-0.15, -0.1) is 25.6 Å². The molecule has 5 nitrogen and oxygen atoms in total. The Hall–Kier alpha value is -2.32. The third-order valence-corrected chi connectivity index (χ3v) is 3.31. The third kappa shape index (κ3) is 5.07. The molecule has 0 saturated carbocycles. The van der Waals surface area contributed by atoms with Crippen LogP contribution in [0, 0.1) is 0 Å². The second-order valence-electron chi connectivity index (χ2n) is 4.86. The summed E-state index contributed by atoms with van der Waals surface area (Å²) in [5.74, 6) is 0.196. The molecule has 2 rings (SSSR count). The van der Waals surface area contributed by atoms with Crippen molar-refractivity contribution < 1.29 is 32.5 Å². The summed E-state index contributed by atoms with van der Waals surface area (Å²) in [6.45, 7) is 0. The van der Waals surface area contributed by atoms with Gasteiger partial charge in [-0.3, -0.25) is 0 Å². The van der Waals surface area contributed by atoms with Gasteiger partial charge in [0.2, 0.25) is 0 Å². The number of halogens is 4. The summed E-state index contributed by atoms with van der Waals surface area (Å²) in [4.78, 5) is 0. The molecule has 0 unspecified atom stereocenters. The quantitative estimate of drug-likeness (QED) is 0.827. The number of nitrogens with two attached hydrogens (primary N) is 1. The minimum atomic E-state index is -4.76. The number of benzene rings is 2. The average Bonchev–Trinajstić information content (AvgIpc) is 2.52. The van der Waals surface area contributed by atoms with Crippen LogP contribution in [0.4, 0.5) is 13.2 Å². The Kier molecular flexibility index (Phi) is 6.78. The number of alkyl halides is 3. The van der Waals surface area contributed by atoms with Gasteiger partial charge in [0, 0.05) is 12.1 Å². The highest BCUT2D eigenvalue weighted by molar-refractivity contribution is 5.85. The molecule has 0 spiro atoms. The fourth-order valence-electron chi connectivity index (χ4n) is 2.28. The highest BCUT2D eigenvalue weighted by Crippen LogP contribution is 2.39. The Morgan fingerprint density at radius 1 is 1.00 bits per heavy atom. The highest BCUT2D eigenvalue weighted by Gasteiger charge is 2.31. The molecule has 0 heterocycles. The molecule has 0 aromatic heterocycles. The average molecular weight is 380 g/mol. The standard InChI is InChI=1S/C16H16F3NO4.ClH/c1-22-12-7-10(21)8-13(23-2)14(12)15(20)9-3-5-11(6-4-9)24-16(17,18)19;/h3-8,15,21H,20H2,1-2H3;1H/t15-;/m1./s1. The first-order valence-electron chi connectivity index (χ1n) is 6.81. The van der Waals surface area contributed by atoms with E-state index in [1.807, 2.05) is 0 Å². The summed E-state index contributed by atoms with van der Waals surface area (Å²) in [7, 11) is 2.81. The molecule has 9 heteroatoms. The number of hydrogen-bond acceptors (Lipinski definition) is 5. The lowest BCUT2D eigenvalue weighted by atomic mass is 9.97. The first-order chi connectivity index (χ1) is 11.2. The van der Waals surface area contributed by atoms with Crippen molar-refractivity contribution in [3.8, 4) is 23.0 Å². The molecule has 3 N–H and O–H groups in total. The molecule has 0 aliphatic carbocycles. The van der Waals surface area contributed by atoms with E-state index in [4.69, 9.17) is 15.2 Å². The largest absolute Gasteiger partial charge is 0.573 e. The van der Waals surface area contributed by atoms with Crippen LogP contribution in [-0.2, 0) is 0 Å². The summed E-state index contributed by atoms with van der Waals surface area (Å²) in [5.41, 5.74) is 7.17. The summed E-state index contributed by atoms with van der Waals surface area (Å²) in [5, 5.41) is 9.65. The number of rotatable bonds is 5. The Labute approximate surface area is 148 Å². The van der Waals surface area contributed by atoms with Crippen LogP contribution in [0.25, 0.3) is 0 Å². The summed E-state index contributed by atoms with van der Waals surface area (Å²) in [6, 6.07) is 7.17. The maximum atomic E-state index is 12.2. The lowest BCUT2D eigenvalue weighted by Gasteiger charge is -2.20. The number of ether oxygens (including phenoxy) is 3. The van der Waals surface area contributed by atoms with E-state index in [0.29, 0.717) is 22.6 Å². The van der Waals surface area contributed by atoms with Gasteiger partial charge in [-0.2, -0.15) is 0 Å². The molecular formula is C16H17ClF3NO4. The van der Waals surface area contributed by atoms with Crippen LogP contribution < -0.4 is 19.9 Å². The Balaban J connectivity index is 0.00000312. The van der Waals surface area contributed by atoms with Crippen LogP contribution in [-0.4, -0.2) is 25.7 Å². The van der Waals surface area contributed by atoms with Crippen molar-refractivity contribution in [1.82, 2.24) is 0 Å². The number of aromatic hydroxyl groups is 1. The van der Waals surface area contributed by atoms with Crippen LogP contribution in [0.1, 0.15) is 17.2 Å². The fourth-order valence-corrected chi connectivity index (χ4v) is 2.28. The van der Waals surface area contributed by atoms with Crippen molar-refractivity contribution in [2.75, 3.05) is 14.2 Å². The van der Waals surface area contributed by atoms with Gasteiger partial charge < -0.3 is 25.1 Å².